The Morgan fingerprint density at radius 2 is 1.70 bits per heavy atom. The Labute approximate surface area is 134 Å². The number of anilines is 2. The van der Waals surface area contributed by atoms with Gasteiger partial charge in [0, 0.05) is 17.8 Å². The highest BCUT2D eigenvalue weighted by atomic mass is 16.5. The number of nitrogens with two attached hydrogens (primary N) is 1. The molecule has 0 saturated carbocycles. The fourth-order valence-electron chi connectivity index (χ4n) is 2.09. The van der Waals surface area contributed by atoms with Crippen LogP contribution in [0.3, 0.4) is 0 Å². The highest BCUT2D eigenvalue weighted by Crippen LogP contribution is 2.16. The van der Waals surface area contributed by atoms with Crippen LogP contribution in [0.4, 0.5) is 16.2 Å². The highest BCUT2D eigenvalue weighted by molar-refractivity contribution is 5.92. The van der Waals surface area contributed by atoms with Gasteiger partial charge in [0.15, 0.2) is 0 Å². The topological polar surface area (TPSA) is 93.4 Å². The third kappa shape index (κ3) is 5.35. The van der Waals surface area contributed by atoms with Crippen LogP contribution in [0.2, 0.25) is 0 Å². The first-order valence-corrected chi connectivity index (χ1v) is 7.16. The van der Waals surface area contributed by atoms with Crippen molar-refractivity contribution in [2.24, 2.45) is 5.73 Å². The fraction of sp³-hybridized carbons (Fsp3) is 0.176. The maximum Gasteiger partial charge on any atom is 0.316 e. The summed E-state index contributed by atoms with van der Waals surface area (Å²) in [6, 6.07) is 13.8. The lowest BCUT2D eigenvalue weighted by atomic mass is 10.1. The number of hydrogen-bond donors (Lipinski definition) is 3. The number of amides is 3. The molecule has 6 nitrogen and oxygen atoms in total. The maximum atomic E-state index is 12.0. The van der Waals surface area contributed by atoms with Crippen molar-refractivity contribution in [2.75, 3.05) is 17.7 Å². The zero-order valence-corrected chi connectivity index (χ0v) is 12.8. The minimum absolute atomic E-state index is 0.0802. The molecule has 0 aliphatic heterocycles. The van der Waals surface area contributed by atoms with Gasteiger partial charge >= 0.3 is 6.03 Å². The number of methoxy groups -OCH3 is 1. The summed E-state index contributed by atoms with van der Waals surface area (Å²) in [6.07, 6.45) is 0.999. The number of rotatable bonds is 6. The lowest BCUT2D eigenvalue weighted by Crippen LogP contribution is -2.19. The van der Waals surface area contributed by atoms with Crippen LogP contribution < -0.4 is 21.1 Å². The number of urea groups is 1. The summed E-state index contributed by atoms with van der Waals surface area (Å²) in [7, 11) is 1.61. The molecule has 0 aliphatic carbocycles. The number of carbonyl (C=O) groups is 2. The molecule has 0 aliphatic rings. The summed E-state index contributed by atoms with van der Waals surface area (Å²) in [5.74, 6) is 0.698. The number of aryl methyl sites for hydroxylation is 1. The molecule has 0 fully saturated rings. The van der Waals surface area contributed by atoms with E-state index >= 15 is 0 Å². The van der Waals surface area contributed by atoms with Gasteiger partial charge in [-0.3, -0.25) is 4.79 Å². The summed E-state index contributed by atoms with van der Waals surface area (Å²) in [5.41, 5.74) is 7.31. The average molecular weight is 313 g/mol. The third-order valence-corrected chi connectivity index (χ3v) is 3.21. The summed E-state index contributed by atoms with van der Waals surface area (Å²) < 4.78 is 5.16. The first-order valence-electron chi connectivity index (χ1n) is 7.16. The molecule has 3 amide bonds. The maximum absolute atomic E-state index is 12.0. The first kappa shape index (κ1) is 16.4. The van der Waals surface area contributed by atoms with Gasteiger partial charge < -0.3 is 21.1 Å². The van der Waals surface area contributed by atoms with E-state index in [1.807, 2.05) is 24.3 Å². The first-order chi connectivity index (χ1) is 11.1. The number of hydrogen-bond acceptors (Lipinski definition) is 3. The summed E-state index contributed by atoms with van der Waals surface area (Å²) in [4.78, 5) is 22.7. The Balaban J connectivity index is 1.85. The van der Waals surface area contributed by atoms with Crippen LogP contribution in [0.15, 0.2) is 48.5 Å². The van der Waals surface area contributed by atoms with E-state index in [1.165, 1.54) is 0 Å². The van der Waals surface area contributed by atoms with E-state index in [4.69, 9.17) is 10.5 Å². The molecule has 120 valence electrons. The van der Waals surface area contributed by atoms with Gasteiger partial charge in [0.2, 0.25) is 5.91 Å². The molecule has 0 spiro atoms. The number of ether oxygens (including phenoxy) is 1. The van der Waals surface area contributed by atoms with E-state index in [0.717, 1.165) is 11.3 Å². The lowest BCUT2D eigenvalue weighted by molar-refractivity contribution is -0.116. The summed E-state index contributed by atoms with van der Waals surface area (Å²) in [5, 5.41) is 5.26. The number of benzene rings is 2. The molecular weight excluding hydrogens is 294 g/mol. The molecule has 6 heteroatoms. The number of carbonyl (C=O) groups excluding carboxylic acids is 2. The van der Waals surface area contributed by atoms with E-state index in [-0.39, 0.29) is 5.91 Å². The Hall–Kier alpha value is -3.02. The molecular formula is C17H19N3O3. The monoisotopic (exact) mass is 313 g/mol. The van der Waals surface area contributed by atoms with Crippen LogP contribution in [0.1, 0.15) is 12.0 Å². The summed E-state index contributed by atoms with van der Waals surface area (Å²) in [6.45, 7) is 0. The SMILES string of the molecule is COc1cccc(CCC(=O)Nc2ccc(NC(N)=O)cc2)c1. The van der Waals surface area contributed by atoms with E-state index in [9.17, 15) is 9.59 Å². The highest BCUT2D eigenvalue weighted by Gasteiger charge is 2.04. The molecule has 4 N–H and O–H groups in total. The zero-order valence-electron chi connectivity index (χ0n) is 12.8. The van der Waals surface area contributed by atoms with Crippen molar-refractivity contribution in [3.63, 3.8) is 0 Å². The summed E-state index contributed by atoms with van der Waals surface area (Å²) >= 11 is 0. The largest absolute Gasteiger partial charge is 0.497 e. The van der Waals surface area contributed by atoms with Gasteiger partial charge in [-0.1, -0.05) is 12.1 Å². The Morgan fingerprint density at radius 3 is 2.30 bits per heavy atom. The molecule has 2 aromatic rings. The van der Waals surface area contributed by atoms with Crippen LogP contribution in [0.5, 0.6) is 5.75 Å². The fourth-order valence-corrected chi connectivity index (χ4v) is 2.09. The van der Waals surface area contributed by atoms with Crippen molar-refractivity contribution < 1.29 is 14.3 Å². The normalized spacial score (nSPS) is 9.96. The van der Waals surface area contributed by atoms with E-state index in [1.54, 1.807) is 31.4 Å². The smallest absolute Gasteiger partial charge is 0.316 e. The molecule has 0 heterocycles. The average Bonchev–Trinajstić information content (AvgIpc) is 2.54. The van der Waals surface area contributed by atoms with Crippen molar-refractivity contribution in [3.05, 3.63) is 54.1 Å². The van der Waals surface area contributed by atoms with Crippen LogP contribution in [0, 0.1) is 0 Å². The van der Waals surface area contributed by atoms with Crippen LogP contribution in [-0.4, -0.2) is 19.0 Å². The standard InChI is InChI=1S/C17H19N3O3/c1-23-15-4-2-3-12(11-15)5-10-16(21)19-13-6-8-14(9-7-13)20-17(18)22/h2-4,6-9,11H,5,10H2,1H3,(H,19,21)(H3,18,20,22). The second-order valence-electron chi connectivity index (χ2n) is 4.97. The molecule has 0 saturated heterocycles. The molecule has 2 rings (SSSR count). The van der Waals surface area contributed by atoms with Crippen molar-refractivity contribution >= 4 is 23.3 Å². The van der Waals surface area contributed by atoms with Gasteiger partial charge in [0.25, 0.3) is 0 Å². The van der Waals surface area contributed by atoms with E-state index in [2.05, 4.69) is 10.6 Å². The number of primary amides is 1. The Kier molecular flexibility index (Phi) is 5.57. The van der Waals surface area contributed by atoms with Crippen molar-refractivity contribution in [1.29, 1.82) is 0 Å². The van der Waals surface area contributed by atoms with Gasteiger partial charge in [0.05, 0.1) is 7.11 Å². The van der Waals surface area contributed by atoms with Gasteiger partial charge in [0.1, 0.15) is 5.75 Å². The molecule has 0 unspecified atom stereocenters. The Bertz CT molecular complexity index is 684. The van der Waals surface area contributed by atoms with Crippen LogP contribution >= 0.6 is 0 Å². The molecule has 0 aromatic heterocycles. The van der Waals surface area contributed by atoms with E-state index in [0.29, 0.717) is 24.2 Å². The second-order valence-corrected chi connectivity index (χ2v) is 4.97. The van der Waals surface area contributed by atoms with Crippen molar-refractivity contribution in [2.45, 2.75) is 12.8 Å². The van der Waals surface area contributed by atoms with Crippen LogP contribution in [-0.2, 0) is 11.2 Å². The second kappa shape index (κ2) is 7.84. The molecule has 0 bridgehead atoms. The molecule has 2 aromatic carbocycles. The van der Waals surface area contributed by atoms with Crippen molar-refractivity contribution in [3.8, 4) is 5.75 Å². The predicted molar refractivity (Wildman–Crippen MR) is 89.6 cm³/mol. The minimum Gasteiger partial charge on any atom is -0.497 e. The quantitative estimate of drug-likeness (QED) is 0.765. The Morgan fingerprint density at radius 1 is 1.04 bits per heavy atom. The number of nitrogens with one attached hydrogen (secondary N) is 2. The zero-order chi connectivity index (χ0) is 16.7. The molecule has 23 heavy (non-hydrogen) atoms. The van der Waals surface area contributed by atoms with Gasteiger partial charge in [-0.2, -0.15) is 0 Å². The van der Waals surface area contributed by atoms with Crippen LogP contribution in [0.25, 0.3) is 0 Å². The van der Waals surface area contributed by atoms with Gasteiger partial charge in [-0.05, 0) is 48.4 Å². The van der Waals surface area contributed by atoms with Gasteiger partial charge in [-0.15, -0.1) is 0 Å². The predicted octanol–water partition coefficient (Wildman–Crippen LogP) is 2.76. The van der Waals surface area contributed by atoms with Crippen molar-refractivity contribution in [1.82, 2.24) is 0 Å². The minimum atomic E-state index is -0.625. The molecule has 0 atom stereocenters. The van der Waals surface area contributed by atoms with E-state index < -0.39 is 6.03 Å². The van der Waals surface area contributed by atoms with Gasteiger partial charge in [-0.25, -0.2) is 4.79 Å². The lowest BCUT2D eigenvalue weighted by Gasteiger charge is -2.07. The third-order valence-electron chi connectivity index (χ3n) is 3.21. The molecule has 0 radical (unpaired) electrons.